The van der Waals surface area contributed by atoms with Crippen molar-refractivity contribution in [3.63, 3.8) is 0 Å². The van der Waals surface area contributed by atoms with E-state index in [0.29, 0.717) is 37.5 Å². The summed E-state index contributed by atoms with van der Waals surface area (Å²) in [4.78, 5) is 38.7. The van der Waals surface area contributed by atoms with Gasteiger partial charge in [-0.2, -0.15) is 0 Å². The van der Waals surface area contributed by atoms with Crippen molar-refractivity contribution >= 4 is 17.7 Å². The molecule has 0 bridgehead atoms. The predicted molar refractivity (Wildman–Crippen MR) is 111 cm³/mol. The van der Waals surface area contributed by atoms with Gasteiger partial charge in [-0.15, -0.1) is 0 Å². The first kappa shape index (κ1) is 19.7. The van der Waals surface area contributed by atoms with E-state index in [9.17, 15) is 14.4 Å². The van der Waals surface area contributed by atoms with E-state index in [1.807, 2.05) is 18.2 Å². The van der Waals surface area contributed by atoms with Gasteiger partial charge in [-0.1, -0.05) is 32.0 Å². The number of carbonyl (C=O) groups is 3. The number of benzene rings is 1. The predicted octanol–water partition coefficient (Wildman–Crippen LogP) is 1.31. The number of nitrogens with one attached hydrogen (secondary N) is 3. The summed E-state index contributed by atoms with van der Waals surface area (Å²) in [5, 5.41) is 9.79. The Kier molecular flexibility index (Phi) is 4.71. The Morgan fingerprint density at radius 3 is 2.83 bits per heavy atom. The van der Waals surface area contributed by atoms with Gasteiger partial charge in [0.25, 0.3) is 5.91 Å². The molecule has 1 aromatic carbocycles. The molecule has 30 heavy (non-hydrogen) atoms. The maximum atomic E-state index is 13.3. The van der Waals surface area contributed by atoms with Gasteiger partial charge in [0.1, 0.15) is 6.04 Å². The van der Waals surface area contributed by atoms with Gasteiger partial charge >= 0.3 is 0 Å². The highest BCUT2D eigenvalue weighted by molar-refractivity contribution is 6.05. The molecule has 7 nitrogen and oxygen atoms in total. The lowest BCUT2D eigenvalue weighted by Crippen LogP contribution is -2.73. The zero-order chi connectivity index (χ0) is 21.0. The van der Waals surface area contributed by atoms with Crippen LogP contribution in [-0.4, -0.2) is 47.3 Å². The molecule has 0 radical (unpaired) electrons. The van der Waals surface area contributed by atoms with Gasteiger partial charge < -0.3 is 15.5 Å². The van der Waals surface area contributed by atoms with Crippen LogP contribution in [0, 0.1) is 11.3 Å². The Labute approximate surface area is 177 Å². The Morgan fingerprint density at radius 1 is 1.20 bits per heavy atom. The van der Waals surface area contributed by atoms with Crippen LogP contribution in [0.4, 0.5) is 0 Å². The molecule has 1 aliphatic carbocycles. The van der Waals surface area contributed by atoms with Gasteiger partial charge in [0.2, 0.25) is 11.8 Å². The van der Waals surface area contributed by atoms with Crippen molar-refractivity contribution in [2.24, 2.45) is 11.3 Å². The van der Waals surface area contributed by atoms with Gasteiger partial charge in [-0.05, 0) is 48.3 Å². The van der Waals surface area contributed by atoms with Crippen LogP contribution < -0.4 is 16.0 Å². The highest BCUT2D eigenvalue weighted by atomic mass is 16.2. The topological polar surface area (TPSA) is 90.5 Å². The Balaban J connectivity index is 1.32. The van der Waals surface area contributed by atoms with E-state index in [4.69, 9.17) is 0 Å². The number of hydrogen-bond donors (Lipinski definition) is 3. The van der Waals surface area contributed by atoms with Crippen molar-refractivity contribution in [3.8, 4) is 0 Å². The van der Waals surface area contributed by atoms with Gasteiger partial charge in [0, 0.05) is 37.2 Å². The van der Waals surface area contributed by atoms with E-state index in [1.165, 1.54) is 12.8 Å². The first-order valence-corrected chi connectivity index (χ1v) is 11.1. The van der Waals surface area contributed by atoms with Crippen LogP contribution in [0.1, 0.15) is 61.0 Å². The molecule has 3 N–H and O–H groups in total. The summed E-state index contributed by atoms with van der Waals surface area (Å²) in [5.41, 5.74) is 2.88. The molecule has 0 spiro atoms. The third-order valence-corrected chi connectivity index (χ3v) is 7.69. The maximum absolute atomic E-state index is 13.3. The van der Waals surface area contributed by atoms with E-state index in [1.54, 1.807) is 4.90 Å². The van der Waals surface area contributed by atoms with Crippen LogP contribution in [-0.2, 0) is 22.7 Å². The molecule has 4 aliphatic rings. The van der Waals surface area contributed by atoms with E-state index in [-0.39, 0.29) is 29.6 Å². The molecular formula is C23H30N4O3. The number of amides is 3. The van der Waals surface area contributed by atoms with Crippen molar-refractivity contribution in [3.05, 3.63) is 34.9 Å². The number of hydrogen-bond acceptors (Lipinski definition) is 5. The van der Waals surface area contributed by atoms with Gasteiger partial charge in [0.15, 0.2) is 0 Å². The fourth-order valence-corrected chi connectivity index (χ4v) is 6.19. The maximum Gasteiger partial charge on any atom is 0.255 e. The fourth-order valence-electron chi connectivity index (χ4n) is 6.19. The van der Waals surface area contributed by atoms with Crippen LogP contribution in [0.2, 0.25) is 0 Å². The lowest BCUT2D eigenvalue weighted by atomic mass is 9.53. The van der Waals surface area contributed by atoms with Crippen molar-refractivity contribution in [1.82, 2.24) is 20.9 Å². The van der Waals surface area contributed by atoms with Crippen LogP contribution in [0.3, 0.4) is 0 Å². The Morgan fingerprint density at radius 2 is 2.03 bits per heavy atom. The largest absolute Gasteiger partial charge is 0.322 e. The summed E-state index contributed by atoms with van der Waals surface area (Å²) >= 11 is 0. The van der Waals surface area contributed by atoms with Crippen LogP contribution >= 0.6 is 0 Å². The van der Waals surface area contributed by atoms with Crippen molar-refractivity contribution in [2.75, 3.05) is 6.54 Å². The number of carbonyl (C=O) groups excluding carboxylic acids is 3. The second-order valence-electron chi connectivity index (χ2n) is 9.77. The minimum atomic E-state index is -0.567. The van der Waals surface area contributed by atoms with Crippen LogP contribution in [0.5, 0.6) is 0 Å². The average Bonchev–Trinajstić information content (AvgIpc) is 3.05. The summed E-state index contributed by atoms with van der Waals surface area (Å²) < 4.78 is 0. The molecule has 4 atom stereocenters. The number of fused-ring (bicyclic) bond motifs is 2. The third kappa shape index (κ3) is 2.98. The van der Waals surface area contributed by atoms with Crippen molar-refractivity contribution < 1.29 is 14.4 Å². The molecule has 3 aliphatic heterocycles. The molecule has 3 fully saturated rings. The SMILES string of the molecule is CC1(C)C2NCCCC2C1NCc1cccc2c1C(=O)N(C1CCC(=O)NC1=O)C2. The van der Waals surface area contributed by atoms with Crippen molar-refractivity contribution in [2.45, 2.75) is 70.7 Å². The van der Waals surface area contributed by atoms with E-state index < -0.39 is 6.04 Å². The molecular weight excluding hydrogens is 380 g/mol. The van der Waals surface area contributed by atoms with Gasteiger partial charge in [-0.3, -0.25) is 19.7 Å². The molecule has 1 saturated carbocycles. The highest BCUT2D eigenvalue weighted by Gasteiger charge is 2.56. The number of piperidine rings is 2. The molecule has 3 heterocycles. The standard InChI is InChI=1S/C23H30N4O3/c1-23(2)19-15(7-4-10-24-19)20(23)25-11-13-5-3-6-14-12-27(22(30)18(13)14)16-8-9-17(28)26-21(16)29/h3,5-6,15-16,19-20,24-25H,4,7-12H2,1-2H3,(H,26,28,29). The summed E-state index contributed by atoms with van der Waals surface area (Å²) in [6.45, 7) is 6.81. The first-order valence-electron chi connectivity index (χ1n) is 11.1. The second-order valence-corrected chi connectivity index (χ2v) is 9.77. The minimum Gasteiger partial charge on any atom is -0.322 e. The summed E-state index contributed by atoms with van der Waals surface area (Å²) in [5.74, 6) is -0.0776. The lowest BCUT2D eigenvalue weighted by molar-refractivity contribution is -0.136. The number of imide groups is 1. The molecule has 160 valence electrons. The number of nitrogens with zero attached hydrogens (tertiary/aromatic N) is 1. The molecule has 2 saturated heterocycles. The molecule has 4 unspecified atom stereocenters. The molecule has 7 heteroatoms. The smallest absolute Gasteiger partial charge is 0.255 e. The second kappa shape index (κ2) is 7.17. The Hall–Kier alpha value is -2.25. The van der Waals surface area contributed by atoms with Crippen LogP contribution in [0.25, 0.3) is 0 Å². The average molecular weight is 411 g/mol. The fraction of sp³-hybridized carbons (Fsp3) is 0.609. The molecule has 1 aromatic rings. The summed E-state index contributed by atoms with van der Waals surface area (Å²) in [6.07, 6.45) is 3.13. The normalized spacial score (nSPS) is 32.3. The number of rotatable bonds is 4. The van der Waals surface area contributed by atoms with Gasteiger partial charge in [-0.25, -0.2) is 0 Å². The Bertz CT molecular complexity index is 912. The van der Waals surface area contributed by atoms with E-state index >= 15 is 0 Å². The highest BCUT2D eigenvalue weighted by Crippen LogP contribution is 2.49. The lowest BCUT2D eigenvalue weighted by Gasteiger charge is -2.61. The summed E-state index contributed by atoms with van der Waals surface area (Å²) in [6, 6.07) is 6.40. The zero-order valence-corrected chi connectivity index (χ0v) is 17.7. The minimum absolute atomic E-state index is 0.0954. The monoisotopic (exact) mass is 410 g/mol. The van der Waals surface area contributed by atoms with E-state index in [0.717, 1.165) is 23.2 Å². The van der Waals surface area contributed by atoms with Gasteiger partial charge in [0.05, 0.1) is 0 Å². The summed E-state index contributed by atoms with van der Waals surface area (Å²) in [7, 11) is 0. The molecule has 5 rings (SSSR count). The van der Waals surface area contributed by atoms with Crippen LogP contribution in [0.15, 0.2) is 18.2 Å². The van der Waals surface area contributed by atoms with E-state index in [2.05, 4.69) is 29.8 Å². The zero-order valence-electron chi connectivity index (χ0n) is 17.7. The van der Waals surface area contributed by atoms with Crippen molar-refractivity contribution in [1.29, 1.82) is 0 Å². The first-order chi connectivity index (χ1) is 14.4. The molecule has 0 aromatic heterocycles. The molecule has 3 amide bonds. The third-order valence-electron chi connectivity index (χ3n) is 7.69. The quantitative estimate of drug-likeness (QED) is 0.652.